The number of piperidine rings is 1. The highest BCUT2D eigenvalue weighted by Crippen LogP contribution is 2.21. The first kappa shape index (κ1) is 18.7. The van der Waals surface area contributed by atoms with E-state index in [2.05, 4.69) is 32.3 Å². The van der Waals surface area contributed by atoms with Gasteiger partial charge in [-0.15, -0.1) is 0 Å². The first-order valence-corrected chi connectivity index (χ1v) is 10.0. The fraction of sp³-hybridized carbons (Fsp3) is 0.318. The van der Waals surface area contributed by atoms with Gasteiger partial charge in [0.05, 0.1) is 5.69 Å². The number of aromatic nitrogens is 3. The maximum atomic E-state index is 5.96. The van der Waals surface area contributed by atoms with Gasteiger partial charge in [-0.3, -0.25) is 4.98 Å². The second-order valence-electron chi connectivity index (χ2n) is 7.24. The summed E-state index contributed by atoms with van der Waals surface area (Å²) in [6, 6.07) is 14.5. The molecule has 28 heavy (non-hydrogen) atoms. The Bertz CT molecular complexity index is 920. The molecule has 1 fully saturated rings. The number of anilines is 2. The zero-order valence-corrected chi connectivity index (χ0v) is 16.7. The van der Waals surface area contributed by atoms with Crippen molar-refractivity contribution in [1.29, 1.82) is 0 Å². The van der Waals surface area contributed by atoms with Gasteiger partial charge in [-0.25, -0.2) is 9.97 Å². The van der Waals surface area contributed by atoms with Gasteiger partial charge in [-0.05, 0) is 55.7 Å². The fourth-order valence-electron chi connectivity index (χ4n) is 3.57. The van der Waals surface area contributed by atoms with Crippen LogP contribution in [0.1, 0.15) is 29.8 Å². The van der Waals surface area contributed by atoms with Crippen LogP contribution >= 0.6 is 11.6 Å². The molecule has 0 aliphatic carbocycles. The van der Waals surface area contributed by atoms with Gasteiger partial charge in [0.15, 0.2) is 0 Å². The molecule has 0 unspecified atom stereocenters. The number of aryl methyl sites for hydroxylation is 1. The molecule has 0 saturated carbocycles. The summed E-state index contributed by atoms with van der Waals surface area (Å²) in [4.78, 5) is 15.8. The van der Waals surface area contributed by atoms with Gasteiger partial charge in [0, 0.05) is 54.3 Å². The number of nitrogens with one attached hydrogen (secondary N) is 1. The minimum absolute atomic E-state index is 0.393. The van der Waals surface area contributed by atoms with Gasteiger partial charge in [0.1, 0.15) is 0 Å². The first-order chi connectivity index (χ1) is 13.7. The summed E-state index contributed by atoms with van der Waals surface area (Å²) in [7, 11) is 0. The van der Waals surface area contributed by atoms with E-state index in [1.165, 1.54) is 11.3 Å². The maximum Gasteiger partial charge on any atom is 0.223 e. The molecule has 3 aromatic rings. The zero-order valence-electron chi connectivity index (χ0n) is 16.0. The molecule has 5 nitrogen and oxygen atoms in total. The number of hydrogen-bond acceptors (Lipinski definition) is 5. The molecule has 2 aromatic heterocycles. The lowest BCUT2D eigenvalue weighted by Gasteiger charge is -2.34. The Hall–Kier alpha value is -2.66. The maximum absolute atomic E-state index is 5.96. The lowest BCUT2D eigenvalue weighted by Crippen LogP contribution is -2.39. The molecule has 1 aliphatic rings. The van der Waals surface area contributed by atoms with Crippen molar-refractivity contribution in [3.63, 3.8) is 0 Å². The van der Waals surface area contributed by atoms with E-state index >= 15 is 0 Å². The summed E-state index contributed by atoms with van der Waals surface area (Å²) in [5, 5.41) is 4.27. The highest BCUT2D eigenvalue weighted by molar-refractivity contribution is 6.30. The number of halogens is 1. The van der Waals surface area contributed by atoms with Gasteiger partial charge in [0.2, 0.25) is 5.95 Å². The van der Waals surface area contributed by atoms with Crippen molar-refractivity contribution in [1.82, 2.24) is 15.0 Å². The molecule has 4 rings (SSSR count). The Labute approximate surface area is 170 Å². The lowest BCUT2D eigenvalue weighted by molar-refractivity contribution is 0.523. The molecule has 0 atom stereocenters. The van der Waals surface area contributed by atoms with Crippen LogP contribution in [0.15, 0.2) is 54.9 Å². The van der Waals surface area contributed by atoms with Crippen molar-refractivity contribution in [2.24, 2.45) is 0 Å². The van der Waals surface area contributed by atoms with Crippen LogP contribution in [0.25, 0.3) is 0 Å². The SMILES string of the molecule is Cc1cc(N2CCC(Nc3nccc(Cc4ccc(Cl)cc4)n3)CC2)ccn1. The quantitative estimate of drug-likeness (QED) is 0.691. The molecule has 6 heteroatoms. The van der Waals surface area contributed by atoms with Gasteiger partial charge in [-0.1, -0.05) is 23.7 Å². The van der Waals surface area contributed by atoms with Crippen molar-refractivity contribution >= 4 is 23.2 Å². The van der Waals surface area contributed by atoms with Gasteiger partial charge in [-0.2, -0.15) is 0 Å². The van der Waals surface area contributed by atoms with Crippen LogP contribution in [-0.4, -0.2) is 34.1 Å². The molecule has 0 bridgehead atoms. The molecule has 3 heterocycles. The zero-order chi connectivity index (χ0) is 19.3. The minimum atomic E-state index is 0.393. The highest BCUT2D eigenvalue weighted by Gasteiger charge is 2.20. The number of rotatable bonds is 5. The Kier molecular flexibility index (Phi) is 5.72. The summed E-state index contributed by atoms with van der Waals surface area (Å²) in [5.41, 5.74) is 4.51. The topological polar surface area (TPSA) is 53.9 Å². The van der Waals surface area contributed by atoms with Gasteiger partial charge >= 0.3 is 0 Å². The average Bonchev–Trinajstić information content (AvgIpc) is 2.71. The molecular formula is C22H24ClN5. The van der Waals surface area contributed by atoms with E-state index in [0.29, 0.717) is 12.0 Å². The molecule has 0 amide bonds. The van der Waals surface area contributed by atoms with E-state index in [0.717, 1.165) is 48.8 Å². The second kappa shape index (κ2) is 8.57. The van der Waals surface area contributed by atoms with Crippen LogP contribution in [0, 0.1) is 6.92 Å². The predicted molar refractivity (Wildman–Crippen MR) is 114 cm³/mol. The van der Waals surface area contributed by atoms with Crippen molar-refractivity contribution in [2.45, 2.75) is 32.2 Å². The van der Waals surface area contributed by atoms with E-state index in [-0.39, 0.29) is 0 Å². The van der Waals surface area contributed by atoms with Crippen molar-refractivity contribution in [2.75, 3.05) is 23.3 Å². The van der Waals surface area contributed by atoms with E-state index in [4.69, 9.17) is 16.6 Å². The standard InChI is InChI=1S/C22H24ClN5/c1-16-14-21(7-11-24-16)28-12-8-19(9-13-28)26-22-25-10-6-20(27-22)15-17-2-4-18(23)5-3-17/h2-7,10-11,14,19H,8-9,12-13,15H2,1H3,(H,25,26,27). The van der Waals surface area contributed by atoms with E-state index in [1.54, 1.807) is 0 Å². The third-order valence-electron chi connectivity index (χ3n) is 5.09. The van der Waals surface area contributed by atoms with Crippen LogP contribution in [0.5, 0.6) is 0 Å². The minimum Gasteiger partial charge on any atom is -0.371 e. The van der Waals surface area contributed by atoms with E-state index < -0.39 is 0 Å². The van der Waals surface area contributed by atoms with Crippen LogP contribution in [-0.2, 0) is 6.42 Å². The summed E-state index contributed by atoms with van der Waals surface area (Å²) in [6.07, 6.45) is 6.61. The molecule has 0 radical (unpaired) electrons. The highest BCUT2D eigenvalue weighted by atomic mass is 35.5. The smallest absolute Gasteiger partial charge is 0.223 e. The Morgan fingerprint density at radius 2 is 1.79 bits per heavy atom. The molecule has 144 valence electrons. The summed E-state index contributed by atoms with van der Waals surface area (Å²) >= 11 is 5.96. The molecule has 1 aliphatic heterocycles. The monoisotopic (exact) mass is 393 g/mol. The molecule has 1 saturated heterocycles. The fourth-order valence-corrected chi connectivity index (χ4v) is 3.69. The van der Waals surface area contributed by atoms with Gasteiger partial charge < -0.3 is 10.2 Å². The largest absolute Gasteiger partial charge is 0.371 e. The average molecular weight is 394 g/mol. The van der Waals surface area contributed by atoms with E-state index in [9.17, 15) is 0 Å². The Morgan fingerprint density at radius 1 is 1.04 bits per heavy atom. The third-order valence-corrected chi connectivity index (χ3v) is 5.34. The van der Waals surface area contributed by atoms with Crippen molar-refractivity contribution < 1.29 is 0 Å². The van der Waals surface area contributed by atoms with Gasteiger partial charge in [0.25, 0.3) is 0 Å². The summed E-state index contributed by atoms with van der Waals surface area (Å²) < 4.78 is 0. The van der Waals surface area contributed by atoms with Crippen LogP contribution in [0.3, 0.4) is 0 Å². The van der Waals surface area contributed by atoms with Crippen LogP contribution < -0.4 is 10.2 Å². The molecule has 0 spiro atoms. The van der Waals surface area contributed by atoms with E-state index in [1.807, 2.05) is 49.6 Å². The van der Waals surface area contributed by atoms with Crippen LogP contribution in [0.4, 0.5) is 11.6 Å². The summed E-state index contributed by atoms with van der Waals surface area (Å²) in [5.74, 6) is 0.713. The first-order valence-electron chi connectivity index (χ1n) is 9.66. The molecule has 1 N–H and O–H groups in total. The molecular weight excluding hydrogens is 370 g/mol. The number of pyridine rings is 1. The Balaban J connectivity index is 1.34. The van der Waals surface area contributed by atoms with Crippen molar-refractivity contribution in [3.8, 4) is 0 Å². The van der Waals surface area contributed by atoms with Crippen LogP contribution in [0.2, 0.25) is 5.02 Å². The second-order valence-corrected chi connectivity index (χ2v) is 7.67. The number of benzene rings is 1. The molecule has 1 aromatic carbocycles. The third kappa shape index (κ3) is 4.78. The lowest BCUT2D eigenvalue weighted by atomic mass is 10.0. The van der Waals surface area contributed by atoms with Crippen molar-refractivity contribution in [3.05, 3.63) is 76.8 Å². The number of nitrogens with zero attached hydrogens (tertiary/aromatic N) is 4. The normalized spacial score (nSPS) is 14.9. The predicted octanol–water partition coefficient (Wildman–Crippen LogP) is 4.51. The Morgan fingerprint density at radius 3 is 2.54 bits per heavy atom. The number of hydrogen-bond donors (Lipinski definition) is 1. The summed E-state index contributed by atoms with van der Waals surface area (Å²) in [6.45, 7) is 4.07.